The molecular weight excluding hydrogens is 247 g/mol. The first-order chi connectivity index (χ1) is 7.66. The van der Waals surface area contributed by atoms with E-state index >= 15 is 0 Å². The second-order valence-corrected chi connectivity index (χ2v) is 4.02. The summed E-state index contributed by atoms with van der Waals surface area (Å²) in [5, 5.41) is 3.64. The molecule has 1 amide bonds. The van der Waals surface area contributed by atoms with Gasteiger partial charge in [-0.1, -0.05) is 23.2 Å². The lowest BCUT2D eigenvalue weighted by Crippen LogP contribution is -2.11. The van der Waals surface area contributed by atoms with Crippen LogP contribution in [0.4, 0.5) is 5.69 Å². The molecule has 0 aliphatic heterocycles. The molecule has 0 saturated carbocycles. The average molecular weight is 255 g/mol. The fourth-order valence-corrected chi connectivity index (χ4v) is 1.71. The molecule has 0 saturated heterocycles. The molecule has 0 unspecified atom stereocenters. The lowest BCUT2D eigenvalue weighted by Gasteiger charge is -2.06. The number of hydrogen-bond donors (Lipinski definition) is 2. The van der Waals surface area contributed by atoms with Gasteiger partial charge in [0.15, 0.2) is 0 Å². The first-order valence-corrected chi connectivity index (χ1v) is 5.31. The molecule has 1 heterocycles. The summed E-state index contributed by atoms with van der Waals surface area (Å²) in [4.78, 5) is 14.5. The van der Waals surface area contributed by atoms with Crippen LogP contribution >= 0.6 is 23.2 Å². The Morgan fingerprint density at radius 3 is 2.69 bits per heavy atom. The lowest BCUT2D eigenvalue weighted by atomic mass is 10.3. The quantitative estimate of drug-likeness (QED) is 0.846. The molecule has 82 valence electrons. The van der Waals surface area contributed by atoms with Crippen molar-refractivity contribution in [3.63, 3.8) is 0 Å². The summed E-state index contributed by atoms with van der Waals surface area (Å²) in [6, 6.07) is 6.59. The molecule has 1 aromatic carbocycles. The smallest absolute Gasteiger partial charge is 0.257 e. The second kappa shape index (κ2) is 4.60. The van der Waals surface area contributed by atoms with Gasteiger partial charge in [-0.25, -0.2) is 0 Å². The van der Waals surface area contributed by atoms with Gasteiger partial charge < -0.3 is 10.3 Å². The highest BCUT2D eigenvalue weighted by Gasteiger charge is 2.08. The molecule has 2 rings (SSSR count). The van der Waals surface area contributed by atoms with Crippen LogP contribution in [-0.4, -0.2) is 10.9 Å². The molecule has 5 heteroatoms. The Morgan fingerprint density at radius 1 is 1.25 bits per heavy atom. The summed E-state index contributed by atoms with van der Waals surface area (Å²) in [6.07, 6.45) is 3.29. The lowest BCUT2D eigenvalue weighted by molar-refractivity contribution is 0.102. The first kappa shape index (κ1) is 11.0. The fraction of sp³-hybridized carbons (Fsp3) is 0. The highest BCUT2D eigenvalue weighted by molar-refractivity contribution is 6.36. The molecule has 0 radical (unpaired) electrons. The second-order valence-electron chi connectivity index (χ2n) is 3.18. The number of hydrogen-bond acceptors (Lipinski definition) is 1. The first-order valence-electron chi connectivity index (χ1n) is 4.56. The number of rotatable bonds is 2. The minimum atomic E-state index is -0.217. The summed E-state index contributed by atoms with van der Waals surface area (Å²) in [5.74, 6) is -0.217. The molecule has 2 aromatic rings. The van der Waals surface area contributed by atoms with Crippen LogP contribution in [0.25, 0.3) is 0 Å². The predicted molar refractivity (Wildman–Crippen MR) is 65.2 cm³/mol. The summed E-state index contributed by atoms with van der Waals surface area (Å²) < 4.78 is 0. The Bertz CT molecular complexity index is 509. The van der Waals surface area contributed by atoms with E-state index in [0.29, 0.717) is 21.3 Å². The summed E-state index contributed by atoms with van der Waals surface area (Å²) in [5.41, 5.74) is 1.09. The number of aromatic nitrogens is 1. The van der Waals surface area contributed by atoms with Crippen LogP contribution in [0.15, 0.2) is 36.7 Å². The standard InChI is InChI=1S/C11H8Cl2N2O/c12-8-1-2-10(9(13)5-8)15-11(16)7-3-4-14-6-7/h1-6,14H,(H,15,16). The maximum absolute atomic E-state index is 11.7. The molecule has 0 fully saturated rings. The van der Waals surface area contributed by atoms with Gasteiger partial charge in [-0.05, 0) is 24.3 Å². The van der Waals surface area contributed by atoms with Crippen molar-refractivity contribution in [2.45, 2.75) is 0 Å². The topological polar surface area (TPSA) is 44.9 Å². The maximum Gasteiger partial charge on any atom is 0.257 e. The molecule has 0 atom stereocenters. The van der Waals surface area contributed by atoms with Crippen LogP contribution in [0, 0.1) is 0 Å². The Kier molecular flexibility index (Phi) is 3.17. The SMILES string of the molecule is O=C(Nc1ccc(Cl)cc1Cl)c1cc[nH]c1. The van der Waals surface area contributed by atoms with Crippen molar-refractivity contribution in [2.75, 3.05) is 5.32 Å². The number of H-pyrrole nitrogens is 1. The van der Waals surface area contributed by atoms with Gasteiger partial charge in [-0.3, -0.25) is 4.79 Å². The van der Waals surface area contributed by atoms with Crippen molar-refractivity contribution in [3.05, 3.63) is 52.3 Å². The number of benzene rings is 1. The molecule has 1 aromatic heterocycles. The van der Waals surface area contributed by atoms with E-state index in [-0.39, 0.29) is 5.91 Å². The van der Waals surface area contributed by atoms with Gasteiger partial charge in [0.25, 0.3) is 5.91 Å². The van der Waals surface area contributed by atoms with Crippen molar-refractivity contribution in [2.24, 2.45) is 0 Å². The molecule has 3 nitrogen and oxygen atoms in total. The van der Waals surface area contributed by atoms with Gasteiger partial charge in [0.2, 0.25) is 0 Å². The van der Waals surface area contributed by atoms with E-state index in [0.717, 1.165) is 0 Å². The normalized spacial score (nSPS) is 10.1. The van der Waals surface area contributed by atoms with Gasteiger partial charge >= 0.3 is 0 Å². The van der Waals surface area contributed by atoms with Crippen LogP contribution in [0.2, 0.25) is 10.0 Å². The third-order valence-corrected chi connectivity index (χ3v) is 2.59. The maximum atomic E-state index is 11.7. The number of amides is 1. The fourth-order valence-electron chi connectivity index (χ4n) is 1.25. The minimum Gasteiger partial charge on any atom is -0.367 e. The van der Waals surface area contributed by atoms with Crippen molar-refractivity contribution < 1.29 is 4.79 Å². The van der Waals surface area contributed by atoms with E-state index in [1.807, 2.05) is 0 Å². The number of carbonyl (C=O) groups is 1. The van der Waals surface area contributed by atoms with Crippen LogP contribution in [-0.2, 0) is 0 Å². The number of anilines is 1. The average Bonchev–Trinajstić information content (AvgIpc) is 2.75. The largest absolute Gasteiger partial charge is 0.367 e. The van der Waals surface area contributed by atoms with Gasteiger partial charge in [0.1, 0.15) is 0 Å². The molecule has 16 heavy (non-hydrogen) atoms. The Balaban J connectivity index is 2.18. The Labute approximate surface area is 102 Å². The molecule has 0 bridgehead atoms. The molecule has 0 aliphatic carbocycles. The van der Waals surface area contributed by atoms with Crippen molar-refractivity contribution in [1.82, 2.24) is 4.98 Å². The molecule has 0 aliphatic rings. The van der Waals surface area contributed by atoms with Crippen LogP contribution < -0.4 is 5.32 Å². The zero-order valence-electron chi connectivity index (χ0n) is 8.13. The van der Waals surface area contributed by atoms with E-state index in [2.05, 4.69) is 10.3 Å². The number of nitrogens with one attached hydrogen (secondary N) is 2. The number of aromatic amines is 1. The minimum absolute atomic E-state index is 0.217. The third kappa shape index (κ3) is 2.38. The van der Waals surface area contributed by atoms with Crippen LogP contribution in [0.1, 0.15) is 10.4 Å². The zero-order chi connectivity index (χ0) is 11.5. The van der Waals surface area contributed by atoms with Gasteiger partial charge in [0, 0.05) is 17.4 Å². The summed E-state index contributed by atoms with van der Waals surface area (Å²) in [6.45, 7) is 0. The van der Waals surface area contributed by atoms with Gasteiger partial charge in [-0.2, -0.15) is 0 Å². The van der Waals surface area contributed by atoms with Crippen molar-refractivity contribution in [3.8, 4) is 0 Å². The van der Waals surface area contributed by atoms with Crippen LogP contribution in [0.5, 0.6) is 0 Å². The van der Waals surface area contributed by atoms with E-state index < -0.39 is 0 Å². The summed E-state index contributed by atoms with van der Waals surface area (Å²) in [7, 11) is 0. The van der Waals surface area contributed by atoms with Gasteiger partial charge in [-0.15, -0.1) is 0 Å². The van der Waals surface area contributed by atoms with E-state index in [1.54, 1.807) is 36.7 Å². The molecular formula is C11H8Cl2N2O. The summed E-state index contributed by atoms with van der Waals surface area (Å²) >= 11 is 11.7. The molecule has 2 N–H and O–H groups in total. The van der Waals surface area contributed by atoms with E-state index in [1.165, 1.54) is 0 Å². The Morgan fingerprint density at radius 2 is 2.06 bits per heavy atom. The predicted octanol–water partition coefficient (Wildman–Crippen LogP) is 3.57. The van der Waals surface area contributed by atoms with Crippen molar-refractivity contribution in [1.29, 1.82) is 0 Å². The number of carbonyl (C=O) groups excluding carboxylic acids is 1. The van der Waals surface area contributed by atoms with Gasteiger partial charge in [0.05, 0.1) is 16.3 Å². The van der Waals surface area contributed by atoms with Crippen molar-refractivity contribution >= 4 is 34.8 Å². The van der Waals surface area contributed by atoms with E-state index in [9.17, 15) is 4.79 Å². The third-order valence-electron chi connectivity index (χ3n) is 2.04. The molecule has 0 spiro atoms. The number of halogens is 2. The van der Waals surface area contributed by atoms with E-state index in [4.69, 9.17) is 23.2 Å². The monoisotopic (exact) mass is 254 g/mol. The van der Waals surface area contributed by atoms with Crippen LogP contribution in [0.3, 0.4) is 0 Å². The highest BCUT2D eigenvalue weighted by atomic mass is 35.5. The zero-order valence-corrected chi connectivity index (χ0v) is 9.64. The highest BCUT2D eigenvalue weighted by Crippen LogP contribution is 2.25. The Hall–Kier alpha value is -1.45.